The maximum absolute atomic E-state index is 13.3. The number of ether oxygens (including phenoxy) is 1. The van der Waals surface area contributed by atoms with Crippen molar-refractivity contribution in [3.63, 3.8) is 0 Å². The van der Waals surface area contributed by atoms with Gasteiger partial charge in [0.25, 0.3) is 10.0 Å². The van der Waals surface area contributed by atoms with E-state index in [9.17, 15) is 36.6 Å². The van der Waals surface area contributed by atoms with Gasteiger partial charge in [0, 0.05) is 13.1 Å². The zero-order valence-electron chi connectivity index (χ0n) is 17.4. The SMILES string of the molecule is COc1ccc(C(=O)O)cc1S(=O)(=O)Nc1cc(C(F)(F)F)ccc1N1CC(O)(C2CC2)C1. The van der Waals surface area contributed by atoms with E-state index in [1.807, 2.05) is 0 Å². The van der Waals surface area contributed by atoms with Gasteiger partial charge >= 0.3 is 12.1 Å². The average Bonchev–Trinajstić information content (AvgIpc) is 3.56. The molecule has 2 aromatic carbocycles. The fraction of sp³-hybridized carbons (Fsp3) is 0.381. The van der Waals surface area contributed by atoms with Crippen molar-refractivity contribution in [1.82, 2.24) is 0 Å². The molecule has 2 aromatic rings. The molecule has 178 valence electrons. The molecule has 2 fully saturated rings. The molecule has 1 saturated heterocycles. The normalized spacial score (nSPS) is 17.9. The van der Waals surface area contributed by atoms with Gasteiger partial charge in [0.15, 0.2) is 0 Å². The lowest BCUT2D eigenvalue weighted by Crippen LogP contribution is -2.63. The Kier molecular flexibility index (Phi) is 5.48. The predicted octanol–water partition coefficient (Wildman–Crippen LogP) is 3.17. The summed E-state index contributed by atoms with van der Waals surface area (Å²) < 4.78 is 73.4. The van der Waals surface area contributed by atoms with Gasteiger partial charge in [-0.15, -0.1) is 0 Å². The van der Waals surface area contributed by atoms with Crippen molar-refractivity contribution in [2.75, 3.05) is 29.8 Å². The van der Waals surface area contributed by atoms with E-state index in [0.717, 1.165) is 43.2 Å². The summed E-state index contributed by atoms with van der Waals surface area (Å²) in [6.07, 6.45) is -2.98. The molecule has 33 heavy (non-hydrogen) atoms. The first-order valence-electron chi connectivity index (χ1n) is 9.97. The van der Waals surface area contributed by atoms with E-state index in [0.29, 0.717) is 6.07 Å². The number of carbonyl (C=O) groups is 1. The third-order valence-corrected chi connectivity index (χ3v) is 7.26. The van der Waals surface area contributed by atoms with Gasteiger partial charge in [-0.05, 0) is 55.2 Å². The number of methoxy groups -OCH3 is 1. The summed E-state index contributed by atoms with van der Waals surface area (Å²) in [5, 5.41) is 19.8. The number of halogens is 3. The standard InChI is InChI=1S/C21H21F3N2O6S/c1-32-17-7-2-12(19(27)28)8-18(17)33(30,31)25-15-9-14(21(22,23)24)5-6-16(15)26-10-20(29,11-26)13-3-4-13/h2,5-9,13,25,29H,3-4,10-11H2,1H3,(H,27,28). The van der Waals surface area contributed by atoms with Crippen molar-refractivity contribution in [3.8, 4) is 5.75 Å². The molecule has 3 N–H and O–H groups in total. The molecule has 2 aliphatic rings. The summed E-state index contributed by atoms with van der Waals surface area (Å²) in [7, 11) is -3.36. The highest BCUT2D eigenvalue weighted by Gasteiger charge is 2.52. The second-order valence-corrected chi connectivity index (χ2v) is 9.89. The Morgan fingerprint density at radius 3 is 2.39 bits per heavy atom. The number of hydrogen-bond acceptors (Lipinski definition) is 6. The van der Waals surface area contributed by atoms with Gasteiger partial charge in [-0.2, -0.15) is 13.2 Å². The predicted molar refractivity (Wildman–Crippen MR) is 112 cm³/mol. The summed E-state index contributed by atoms with van der Waals surface area (Å²) in [4.78, 5) is 12.4. The number of benzene rings is 2. The highest BCUT2D eigenvalue weighted by Crippen LogP contribution is 2.47. The molecular formula is C21H21F3N2O6S. The summed E-state index contributed by atoms with van der Waals surface area (Å²) in [5.74, 6) is -1.42. The van der Waals surface area contributed by atoms with Crippen LogP contribution in [0.1, 0.15) is 28.8 Å². The Balaban J connectivity index is 1.73. The highest BCUT2D eigenvalue weighted by molar-refractivity contribution is 7.92. The fourth-order valence-electron chi connectivity index (χ4n) is 3.95. The summed E-state index contributed by atoms with van der Waals surface area (Å²) >= 11 is 0. The number of nitrogens with one attached hydrogen (secondary N) is 1. The second kappa shape index (κ2) is 7.80. The van der Waals surface area contributed by atoms with Crippen LogP contribution in [0.3, 0.4) is 0 Å². The van der Waals surface area contributed by atoms with Crippen LogP contribution >= 0.6 is 0 Å². The Hall–Kier alpha value is -2.99. The van der Waals surface area contributed by atoms with Crippen LogP contribution in [0.5, 0.6) is 5.75 Å². The van der Waals surface area contributed by atoms with E-state index in [2.05, 4.69) is 4.72 Å². The van der Waals surface area contributed by atoms with Gasteiger partial charge in [-0.3, -0.25) is 4.72 Å². The lowest BCUT2D eigenvalue weighted by molar-refractivity contribution is -0.137. The maximum Gasteiger partial charge on any atom is 0.416 e. The number of β-amino-alcohol motifs (C(OH)–C–C–N with tert-alkyl or cyclic N) is 1. The van der Waals surface area contributed by atoms with Crippen molar-refractivity contribution in [2.45, 2.75) is 29.5 Å². The first kappa shape index (κ1) is 23.2. The molecule has 1 heterocycles. The molecule has 0 aromatic heterocycles. The molecule has 0 unspecified atom stereocenters. The molecule has 0 bridgehead atoms. The largest absolute Gasteiger partial charge is 0.495 e. The molecular weight excluding hydrogens is 465 g/mol. The zero-order chi connectivity index (χ0) is 24.2. The van der Waals surface area contributed by atoms with E-state index in [1.165, 1.54) is 7.11 Å². The highest BCUT2D eigenvalue weighted by atomic mass is 32.2. The van der Waals surface area contributed by atoms with Gasteiger partial charge in [0.05, 0.1) is 29.6 Å². The smallest absolute Gasteiger partial charge is 0.416 e. The topological polar surface area (TPSA) is 116 Å². The van der Waals surface area contributed by atoms with E-state index >= 15 is 0 Å². The first-order chi connectivity index (χ1) is 15.3. The molecule has 0 radical (unpaired) electrons. The molecule has 1 saturated carbocycles. The minimum absolute atomic E-state index is 0.131. The van der Waals surface area contributed by atoms with Crippen molar-refractivity contribution in [1.29, 1.82) is 0 Å². The number of anilines is 2. The third kappa shape index (κ3) is 4.44. The van der Waals surface area contributed by atoms with Crippen LogP contribution in [-0.2, 0) is 16.2 Å². The van der Waals surface area contributed by atoms with Crippen molar-refractivity contribution in [2.24, 2.45) is 5.92 Å². The van der Waals surface area contributed by atoms with Gasteiger partial charge in [-0.1, -0.05) is 0 Å². The molecule has 12 heteroatoms. The van der Waals surface area contributed by atoms with E-state index in [-0.39, 0.29) is 41.7 Å². The Bertz CT molecular complexity index is 1200. The van der Waals surface area contributed by atoms with Crippen LogP contribution in [-0.4, -0.2) is 50.4 Å². The van der Waals surface area contributed by atoms with E-state index in [4.69, 9.17) is 4.74 Å². The van der Waals surface area contributed by atoms with Crippen molar-refractivity contribution >= 4 is 27.4 Å². The molecule has 8 nitrogen and oxygen atoms in total. The van der Waals surface area contributed by atoms with Gasteiger partial charge in [-0.25, -0.2) is 13.2 Å². The number of rotatable bonds is 7. The lowest BCUT2D eigenvalue weighted by atomic mass is 9.88. The number of nitrogens with zero attached hydrogens (tertiary/aromatic N) is 1. The van der Waals surface area contributed by atoms with Crippen molar-refractivity contribution < 1.29 is 41.3 Å². The fourth-order valence-corrected chi connectivity index (χ4v) is 5.21. The molecule has 0 spiro atoms. The minimum atomic E-state index is -4.72. The first-order valence-corrected chi connectivity index (χ1v) is 11.4. The zero-order valence-corrected chi connectivity index (χ0v) is 18.2. The number of sulfonamides is 1. The third-order valence-electron chi connectivity index (χ3n) is 5.88. The Morgan fingerprint density at radius 2 is 1.85 bits per heavy atom. The maximum atomic E-state index is 13.3. The van der Waals surface area contributed by atoms with Crippen LogP contribution in [0.4, 0.5) is 24.5 Å². The van der Waals surface area contributed by atoms with Crippen LogP contribution in [0.25, 0.3) is 0 Å². The monoisotopic (exact) mass is 486 g/mol. The van der Waals surface area contributed by atoms with Gasteiger partial charge < -0.3 is 19.8 Å². The lowest BCUT2D eigenvalue weighted by Gasteiger charge is -2.49. The number of carboxylic acids is 1. The number of aliphatic hydroxyl groups is 1. The average molecular weight is 486 g/mol. The summed E-state index contributed by atoms with van der Waals surface area (Å²) in [6.45, 7) is 0.325. The van der Waals surface area contributed by atoms with Crippen LogP contribution in [0.2, 0.25) is 0 Å². The molecule has 1 aliphatic heterocycles. The summed E-state index contributed by atoms with van der Waals surface area (Å²) in [5.41, 5.74) is -2.51. The minimum Gasteiger partial charge on any atom is -0.495 e. The molecule has 4 rings (SSSR count). The molecule has 0 atom stereocenters. The van der Waals surface area contributed by atoms with E-state index < -0.39 is 38.2 Å². The number of carboxylic acid groups (broad SMARTS) is 1. The van der Waals surface area contributed by atoms with Crippen LogP contribution < -0.4 is 14.4 Å². The quantitative estimate of drug-likeness (QED) is 0.551. The van der Waals surface area contributed by atoms with Crippen molar-refractivity contribution in [3.05, 3.63) is 47.5 Å². The summed E-state index contributed by atoms with van der Waals surface area (Å²) in [6, 6.07) is 5.83. The Labute approximate surface area is 187 Å². The van der Waals surface area contributed by atoms with Crippen LogP contribution in [0, 0.1) is 5.92 Å². The second-order valence-electron chi connectivity index (χ2n) is 8.24. The van der Waals surface area contributed by atoms with E-state index in [1.54, 1.807) is 4.90 Å². The van der Waals surface area contributed by atoms with Gasteiger partial charge in [0.1, 0.15) is 16.2 Å². The molecule has 1 aliphatic carbocycles. The number of alkyl halides is 3. The van der Waals surface area contributed by atoms with Gasteiger partial charge in [0.2, 0.25) is 0 Å². The number of hydrogen-bond donors (Lipinski definition) is 3. The number of aromatic carboxylic acids is 1. The molecule has 0 amide bonds. The Morgan fingerprint density at radius 1 is 1.18 bits per heavy atom. The van der Waals surface area contributed by atoms with Crippen LogP contribution in [0.15, 0.2) is 41.3 Å².